The lowest BCUT2D eigenvalue weighted by Crippen LogP contribution is -2.20. The highest BCUT2D eigenvalue weighted by Crippen LogP contribution is 2.29. The van der Waals surface area contributed by atoms with Crippen molar-refractivity contribution < 1.29 is 27.8 Å². The molecule has 1 aromatic rings. The van der Waals surface area contributed by atoms with Crippen LogP contribution < -0.4 is 4.74 Å². The van der Waals surface area contributed by atoms with E-state index in [1.807, 2.05) is 0 Å². The van der Waals surface area contributed by atoms with E-state index in [2.05, 4.69) is 9.72 Å². The molecule has 1 heterocycles. The van der Waals surface area contributed by atoms with Crippen molar-refractivity contribution in [3.8, 4) is 5.88 Å². The van der Waals surface area contributed by atoms with E-state index in [9.17, 15) is 18.0 Å². The van der Waals surface area contributed by atoms with Crippen LogP contribution in [0.25, 0.3) is 0 Å². The Kier molecular flexibility index (Phi) is 4.42. The topological polar surface area (TPSA) is 59.4 Å². The van der Waals surface area contributed by atoms with Crippen LogP contribution in [0.3, 0.4) is 0 Å². The van der Waals surface area contributed by atoms with Gasteiger partial charge in [0, 0.05) is 5.56 Å². The van der Waals surface area contributed by atoms with Crippen LogP contribution in [-0.2, 0) is 5.88 Å². The Hall–Kier alpha value is -0.770. The molecule has 4 nitrogen and oxygen atoms in total. The molecule has 0 aliphatic rings. The second-order valence-corrected chi connectivity index (χ2v) is 4.14. The van der Waals surface area contributed by atoms with Gasteiger partial charge in [-0.1, -0.05) is 0 Å². The summed E-state index contributed by atoms with van der Waals surface area (Å²) in [5, 5.41) is 8.82. The predicted molar refractivity (Wildman–Crippen MR) is 60.2 cm³/mol. The molecule has 0 aromatic carbocycles. The molecule has 0 saturated heterocycles. The molecule has 94 valence electrons. The molecule has 0 aliphatic heterocycles. The lowest BCUT2D eigenvalue weighted by atomic mass is 10.1. The molecule has 1 N–H and O–H groups in total. The van der Waals surface area contributed by atoms with Crippen molar-refractivity contribution in [3.63, 3.8) is 0 Å². The number of hydrogen-bond acceptors (Lipinski definition) is 3. The number of rotatable bonds is 3. The van der Waals surface area contributed by atoms with Crippen LogP contribution in [0.1, 0.15) is 15.9 Å². The molecule has 0 spiro atoms. The maximum Gasteiger partial charge on any atom is 0.574 e. The van der Waals surface area contributed by atoms with Crippen molar-refractivity contribution in [1.29, 1.82) is 0 Å². The first kappa shape index (κ1) is 14.3. The average molecular weight is 381 g/mol. The lowest BCUT2D eigenvalue weighted by molar-refractivity contribution is -0.276. The fraction of sp³-hybridized carbons (Fsp3) is 0.250. The molecule has 1 aromatic heterocycles. The summed E-state index contributed by atoms with van der Waals surface area (Å²) < 4.78 is 39.9. The first-order valence-electron chi connectivity index (χ1n) is 3.99. The molecule has 0 radical (unpaired) electrons. The third-order valence-corrected chi connectivity index (χ3v) is 2.45. The minimum absolute atomic E-state index is 0.0631. The van der Waals surface area contributed by atoms with Crippen LogP contribution >= 0.6 is 34.2 Å². The molecule has 1 rings (SSSR count). The van der Waals surface area contributed by atoms with Crippen molar-refractivity contribution >= 4 is 40.2 Å². The van der Waals surface area contributed by atoms with Crippen molar-refractivity contribution in [2.45, 2.75) is 12.2 Å². The Morgan fingerprint density at radius 3 is 2.59 bits per heavy atom. The zero-order chi connectivity index (χ0) is 13.2. The van der Waals surface area contributed by atoms with Gasteiger partial charge in [0.25, 0.3) is 0 Å². The third-order valence-electron chi connectivity index (χ3n) is 1.63. The summed E-state index contributed by atoms with van der Waals surface area (Å²) in [7, 11) is 0. The van der Waals surface area contributed by atoms with Crippen molar-refractivity contribution in [2.75, 3.05) is 0 Å². The van der Waals surface area contributed by atoms with Crippen LogP contribution in [0.2, 0.25) is 0 Å². The van der Waals surface area contributed by atoms with E-state index in [0.717, 1.165) is 6.07 Å². The zero-order valence-electron chi connectivity index (χ0n) is 7.89. The Morgan fingerprint density at radius 2 is 2.18 bits per heavy atom. The fourth-order valence-corrected chi connectivity index (χ4v) is 1.82. The van der Waals surface area contributed by atoms with E-state index in [4.69, 9.17) is 16.7 Å². The Morgan fingerprint density at radius 1 is 1.59 bits per heavy atom. The summed E-state index contributed by atoms with van der Waals surface area (Å²) in [5.41, 5.74) is -0.671. The molecule has 17 heavy (non-hydrogen) atoms. The maximum atomic E-state index is 12.1. The third kappa shape index (κ3) is 3.87. The molecule has 0 fully saturated rings. The molecule has 0 unspecified atom stereocenters. The maximum absolute atomic E-state index is 12.1. The molecular formula is C8H4ClF3INO3. The lowest BCUT2D eigenvalue weighted by Gasteiger charge is -2.13. The quantitative estimate of drug-likeness (QED) is 0.497. The van der Waals surface area contributed by atoms with Gasteiger partial charge in [0.1, 0.15) is 3.70 Å². The summed E-state index contributed by atoms with van der Waals surface area (Å²) in [4.78, 5) is 14.3. The van der Waals surface area contributed by atoms with E-state index in [0.29, 0.717) is 0 Å². The summed E-state index contributed by atoms with van der Waals surface area (Å²) in [5.74, 6) is -2.68. The number of aromatic nitrogens is 1. The van der Waals surface area contributed by atoms with E-state index in [-0.39, 0.29) is 14.8 Å². The normalized spacial score (nSPS) is 11.4. The second-order valence-electron chi connectivity index (χ2n) is 2.76. The number of alkyl halides is 4. The Bertz CT molecular complexity index is 452. The van der Waals surface area contributed by atoms with Gasteiger partial charge in [0.05, 0.1) is 11.4 Å². The minimum Gasteiger partial charge on any atom is -0.478 e. The highest BCUT2D eigenvalue weighted by molar-refractivity contribution is 14.1. The van der Waals surface area contributed by atoms with Gasteiger partial charge in [-0.25, -0.2) is 9.78 Å². The molecule has 0 atom stereocenters. The Labute approximate surface area is 112 Å². The molecule has 0 saturated carbocycles. The standard InChI is InChI=1S/C8H4ClF3INO3/c9-2-4-3(7(15)16)1-5(13)14-6(4)17-8(10,11)12/h1H,2H2,(H,15,16). The molecule has 9 heteroatoms. The summed E-state index contributed by atoms with van der Waals surface area (Å²) >= 11 is 6.99. The smallest absolute Gasteiger partial charge is 0.478 e. The van der Waals surface area contributed by atoms with E-state index >= 15 is 0 Å². The number of carboxylic acids is 1. The van der Waals surface area contributed by atoms with Crippen LogP contribution in [0.15, 0.2) is 6.07 Å². The van der Waals surface area contributed by atoms with Crippen molar-refractivity contribution in [1.82, 2.24) is 4.98 Å². The number of hydrogen-bond donors (Lipinski definition) is 1. The van der Waals surface area contributed by atoms with Crippen LogP contribution in [0, 0.1) is 3.70 Å². The van der Waals surface area contributed by atoms with Crippen molar-refractivity contribution in [2.24, 2.45) is 0 Å². The number of pyridine rings is 1. The first-order valence-corrected chi connectivity index (χ1v) is 5.60. The average Bonchev–Trinajstić information content (AvgIpc) is 2.14. The van der Waals surface area contributed by atoms with Gasteiger partial charge in [0.15, 0.2) is 0 Å². The predicted octanol–water partition coefficient (Wildman–Crippen LogP) is 3.02. The van der Waals surface area contributed by atoms with Crippen LogP contribution in [0.4, 0.5) is 13.2 Å². The van der Waals surface area contributed by atoms with Gasteiger partial charge in [-0.15, -0.1) is 24.8 Å². The number of aromatic carboxylic acids is 1. The van der Waals surface area contributed by atoms with Gasteiger partial charge >= 0.3 is 12.3 Å². The molecular weight excluding hydrogens is 377 g/mol. The van der Waals surface area contributed by atoms with Gasteiger partial charge in [0.2, 0.25) is 5.88 Å². The van der Waals surface area contributed by atoms with Gasteiger partial charge < -0.3 is 9.84 Å². The Balaban J connectivity index is 3.33. The largest absolute Gasteiger partial charge is 0.574 e. The zero-order valence-corrected chi connectivity index (χ0v) is 10.8. The van der Waals surface area contributed by atoms with Gasteiger partial charge in [-0.2, -0.15) is 0 Å². The van der Waals surface area contributed by atoms with E-state index in [1.165, 1.54) is 0 Å². The van der Waals surface area contributed by atoms with Crippen molar-refractivity contribution in [3.05, 3.63) is 20.9 Å². The summed E-state index contributed by atoms with van der Waals surface area (Å²) in [6.07, 6.45) is -4.95. The minimum atomic E-state index is -4.95. The SMILES string of the molecule is O=C(O)c1cc(I)nc(OC(F)(F)F)c1CCl. The summed E-state index contributed by atoms with van der Waals surface area (Å²) in [6.45, 7) is 0. The highest BCUT2D eigenvalue weighted by atomic mass is 127. The van der Waals surface area contributed by atoms with Crippen LogP contribution in [-0.4, -0.2) is 22.4 Å². The molecule has 0 bridgehead atoms. The van der Waals surface area contributed by atoms with E-state index in [1.54, 1.807) is 22.6 Å². The second kappa shape index (κ2) is 5.25. The van der Waals surface area contributed by atoms with Gasteiger partial charge in [-0.3, -0.25) is 0 Å². The fourth-order valence-electron chi connectivity index (χ4n) is 1.03. The van der Waals surface area contributed by atoms with Gasteiger partial charge in [-0.05, 0) is 28.7 Å². The number of ether oxygens (including phenoxy) is 1. The number of carbonyl (C=O) groups is 1. The monoisotopic (exact) mass is 381 g/mol. The summed E-state index contributed by atoms with van der Waals surface area (Å²) in [6, 6.07) is 1.11. The molecule has 0 amide bonds. The number of carboxylic acid groups (broad SMARTS) is 1. The molecule has 0 aliphatic carbocycles. The van der Waals surface area contributed by atoms with E-state index < -0.39 is 24.1 Å². The first-order chi connectivity index (χ1) is 7.74. The highest BCUT2D eigenvalue weighted by Gasteiger charge is 2.34. The number of nitrogens with zero attached hydrogens (tertiary/aromatic N) is 1. The number of halogens is 5. The van der Waals surface area contributed by atoms with Crippen LogP contribution in [0.5, 0.6) is 5.88 Å².